The number of hydrogen-bond acceptors (Lipinski definition) is 4. The molecule has 0 aromatic heterocycles. The summed E-state index contributed by atoms with van der Waals surface area (Å²) in [7, 11) is 0. The van der Waals surface area contributed by atoms with Crippen LogP contribution in [-0.4, -0.2) is 10.2 Å². The highest BCUT2D eigenvalue weighted by molar-refractivity contribution is 8.26. The second-order valence-corrected chi connectivity index (χ2v) is 6.38. The molecular weight excluding hydrogens is 314 g/mol. The SMILES string of the molecule is O=C1NC(=S)S/C1=C/c1ccccc1OCc1ccccc1. The number of ether oxygens (including phenoxy) is 1. The van der Waals surface area contributed by atoms with Gasteiger partial charge in [-0.05, 0) is 17.7 Å². The van der Waals surface area contributed by atoms with Gasteiger partial charge in [0.1, 0.15) is 16.7 Å². The van der Waals surface area contributed by atoms with Gasteiger partial charge < -0.3 is 10.1 Å². The Bertz CT molecular complexity index is 741. The summed E-state index contributed by atoms with van der Waals surface area (Å²) in [4.78, 5) is 12.3. The fourth-order valence-electron chi connectivity index (χ4n) is 2.03. The summed E-state index contributed by atoms with van der Waals surface area (Å²) in [5, 5.41) is 2.61. The smallest absolute Gasteiger partial charge is 0.263 e. The molecular formula is C17H13NO2S2. The first kappa shape index (κ1) is 14.8. The summed E-state index contributed by atoms with van der Waals surface area (Å²) in [6, 6.07) is 17.6. The number of rotatable bonds is 4. The third kappa shape index (κ3) is 3.55. The van der Waals surface area contributed by atoms with E-state index >= 15 is 0 Å². The quantitative estimate of drug-likeness (QED) is 0.685. The van der Waals surface area contributed by atoms with Gasteiger partial charge in [0.05, 0.1) is 4.91 Å². The van der Waals surface area contributed by atoms with Gasteiger partial charge in [0.15, 0.2) is 0 Å². The van der Waals surface area contributed by atoms with Crippen molar-refractivity contribution < 1.29 is 9.53 Å². The number of nitrogens with one attached hydrogen (secondary N) is 1. The second-order valence-electron chi connectivity index (χ2n) is 4.66. The van der Waals surface area contributed by atoms with Crippen molar-refractivity contribution in [2.24, 2.45) is 0 Å². The number of amides is 1. The number of carbonyl (C=O) groups excluding carboxylic acids is 1. The number of carbonyl (C=O) groups is 1. The zero-order valence-electron chi connectivity index (χ0n) is 11.6. The average Bonchev–Trinajstić information content (AvgIpc) is 2.85. The predicted molar refractivity (Wildman–Crippen MR) is 93.5 cm³/mol. The fraction of sp³-hybridized carbons (Fsp3) is 0.0588. The molecule has 0 atom stereocenters. The summed E-state index contributed by atoms with van der Waals surface area (Å²) >= 11 is 6.26. The number of thiocarbonyl (C=S) groups is 1. The van der Waals surface area contributed by atoms with Crippen LogP contribution >= 0.6 is 24.0 Å². The molecule has 0 aliphatic carbocycles. The van der Waals surface area contributed by atoms with Crippen LogP contribution in [0.4, 0.5) is 0 Å². The van der Waals surface area contributed by atoms with Crippen LogP contribution < -0.4 is 10.1 Å². The molecule has 2 aromatic carbocycles. The molecule has 1 fully saturated rings. The highest BCUT2D eigenvalue weighted by Crippen LogP contribution is 2.29. The van der Waals surface area contributed by atoms with E-state index in [4.69, 9.17) is 17.0 Å². The number of benzene rings is 2. The highest BCUT2D eigenvalue weighted by atomic mass is 32.2. The molecule has 1 saturated heterocycles. The molecule has 0 bridgehead atoms. The normalized spacial score (nSPS) is 15.9. The molecule has 3 rings (SSSR count). The minimum Gasteiger partial charge on any atom is -0.488 e. The Morgan fingerprint density at radius 1 is 1.09 bits per heavy atom. The van der Waals surface area contributed by atoms with E-state index in [1.54, 1.807) is 6.08 Å². The van der Waals surface area contributed by atoms with Gasteiger partial charge in [-0.3, -0.25) is 4.79 Å². The van der Waals surface area contributed by atoms with Gasteiger partial charge in [0.25, 0.3) is 5.91 Å². The lowest BCUT2D eigenvalue weighted by molar-refractivity contribution is -0.115. The third-order valence-electron chi connectivity index (χ3n) is 3.08. The lowest BCUT2D eigenvalue weighted by Crippen LogP contribution is -2.17. The molecule has 22 heavy (non-hydrogen) atoms. The summed E-state index contributed by atoms with van der Waals surface area (Å²) in [5.41, 5.74) is 1.96. The molecule has 1 aliphatic rings. The maximum atomic E-state index is 11.8. The maximum Gasteiger partial charge on any atom is 0.263 e. The topological polar surface area (TPSA) is 38.3 Å². The Hall–Kier alpha value is -2.11. The first-order chi connectivity index (χ1) is 10.7. The Morgan fingerprint density at radius 2 is 1.82 bits per heavy atom. The predicted octanol–water partition coefficient (Wildman–Crippen LogP) is 3.75. The van der Waals surface area contributed by atoms with Gasteiger partial charge in [-0.2, -0.15) is 0 Å². The fourth-order valence-corrected chi connectivity index (χ4v) is 3.06. The second kappa shape index (κ2) is 6.77. The monoisotopic (exact) mass is 327 g/mol. The third-order valence-corrected chi connectivity index (χ3v) is 4.25. The van der Waals surface area contributed by atoms with Crippen molar-refractivity contribution in [1.82, 2.24) is 5.32 Å². The van der Waals surface area contributed by atoms with Crippen molar-refractivity contribution in [3.63, 3.8) is 0 Å². The van der Waals surface area contributed by atoms with Crippen LogP contribution in [0.1, 0.15) is 11.1 Å². The molecule has 1 N–H and O–H groups in total. The van der Waals surface area contributed by atoms with Crippen LogP contribution in [-0.2, 0) is 11.4 Å². The number of hydrogen-bond donors (Lipinski definition) is 1. The Labute approximate surface area is 138 Å². The number of para-hydroxylation sites is 1. The first-order valence-corrected chi connectivity index (χ1v) is 7.95. The van der Waals surface area contributed by atoms with E-state index in [1.807, 2.05) is 54.6 Å². The summed E-state index contributed by atoms with van der Waals surface area (Å²) in [6.07, 6.45) is 1.81. The number of thioether (sulfide) groups is 1. The average molecular weight is 327 g/mol. The van der Waals surface area contributed by atoms with Crippen LogP contribution in [0.15, 0.2) is 59.5 Å². The van der Waals surface area contributed by atoms with Crippen LogP contribution in [0.3, 0.4) is 0 Å². The molecule has 3 nitrogen and oxygen atoms in total. The zero-order valence-corrected chi connectivity index (χ0v) is 13.2. The van der Waals surface area contributed by atoms with Crippen LogP contribution in [0.5, 0.6) is 5.75 Å². The molecule has 1 amide bonds. The van der Waals surface area contributed by atoms with E-state index in [0.29, 0.717) is 15.8 Å². The largest absolute Gasteiger partial charge is 0.488 e. The Balaban J connectivity index is 1.80. The molecule has 0 radical (unpaired) electrons. The standard InChI is InChI=1S/C17H13NO2S2/c19-16-15(22-17(21)18-16)10-13-8-4-5-9-14(13)20-11-12-6-2-1-3-7-12/h1-10H,11H2,(H,18,19,21)/b15-10+. The minimum absolute atomic E-state index is 0.159. The highest BCUT2D eigenvalue weighted by Gasteiger charge is 2.22. The van der Waals surface area contributed by atoms with Crippen molar-refractivity contribution in [1.29, 1.82) is 0 Å². The summed E-state index contributed by atoms with van der Waals surface area (Å²) in [5.74, 6) is 0.581. The van der Waals surface area contributed by atoms with E-state index < -0.39 is 0 Å². The van der Waals surface area contributed by atoms with Crippen molar-refractivity contribution >= 4 is 40.3 Å². The molecule has 2 aromatic rings. The van der Waals surface area contributed by atoms with E-state index in [2.05, 4.69) is 5.32 Å². The van der Waals surface area contributed by atoms with E-state index in [1.165, 1.54) is 11.8 Å². The molecule has 1 heterocycles. The Kier molecular flexibility index (Phi) is 4.56. The van der Waals surface area contributed by atoms with Crippen molar-refractivity contribution in [3.05, 3.63) is 70.6 Å². The molecule has 5 heteroatoms. The molecule has 0 unspecified atom stereocenters. The van der Waals surface area contributed by atoms with Crippen LogP contribution in [0, 0.1) is 0 Å². The first-order valence-electron chi connectivity index (χ1n) is 6.73. The minimum atomic E-state index is -0.159. The zero-order chi connectivity index (χ0) is 15.4. The van der Waals surface area contributed by atoms with Gasteiger partial charge >= 0.3 is 0 Å². The lowest BCUT2D eigenvalue weighted by Gasteiger charge is -2.09. The van der Waals surface area contributed by atoms with Crippen molar-refractivity contribution in [2.45, 2.75) is 6.61 Å². The van der Waals surface area contributed by atoms with E-state index in [9.17, 15) is 4.79 Å². The van der Waals surface area contributed by atoms with E-state index in [-0.39, 0.29) is 5.91 Å². The van der Waals surface area contributed by atoms with Crippen molar-refractivity contribution in [3.8, 4) is 5.75 Å². The van der Waals surface area contributed by atoms with Crippen molar-refractivity contribution in [2.75, 3.05) is 0 Å². The summed E-state index contributed by atoms with van der Waals surface area (Å²) < 4.78 is 6.36. The van der Waals surface area contributed by atoms with Gasteiger partial charge in [-0.15, -0.1) is 0 Å². The molecule has 1 aliphatic heterocycles. The van der Waals surface area contributed by atoms with Gasteiger partial charge in [-0.25, -0.2) is 0 Å². The van der Waals surface area contributed by atoms with Crippen LogP contribution in [0.2, 0.25) is 0 Å². The maximum absolute atomic E-state index is 11.8. The Morgan fingerprint density at radius 3 is 2.55 bits per heavy atom. The summed E-state index contributed by atoms with van der Waals surface area (Å²) in [6.45, 7) is 0.485. The molecule has 0 spiro atoms. The molecule has 0 saturated carbocycles. The molecule has 110 valence electrons. The lowest BCUT2D eigenvalue weighted by atomic mass is 10.2. The van der Waals surface area contributed by atoms with E-state index in [0.717, 1.165) is 16.9 Å². The van der Waals surface area contributed by atoms with Gasteiger partial charge in [-0.1, -0.05) is 72.5 Å². The van der Waals surface area contributed by atoms with Gasteiger partial charge in [0, 0.05) is 5.56 Å². The van der Waals surface area contributed by atoms with Gasteiger partial charge in [0.2, 0.25) is 0 Å². The van der Waals surface area contributed by atoms with Crippen LogP contribution in [0.25, 0.3) is 6.08 Å².